The van der Waals surface area contributed by atoms with Crippen LogP contribution in [-0.4, -0.2) is 39.9 Å². The van der Waals surface area contributed by atoms with Crippen LogP contribution in [0.5, 0.6) is 0 Å². The number of carbonyl (C=O) groups is 2. The van der Waals surface area contributed by atoms with E-state index in [1.807, 2.05) is 18.2 Å². The second kappa shape index (κ2) is 9.73. The molecule has 8 heteroatoms. The quantitative estimate of drug-likeness (QED) is 0.380. The number of aromatic nitrogens is 2. The van der Waals surface area contributed by atoms with E-state index in [0.717, 1.165) is 60.4 Å². The molecule has 1 saturated carbocycles. The molecule has 0 bridgehead atoms. The molecule has 1 heterocycles. The Balaban J connectivity index is 1.92. The normalized spacial score (nSPS) is 16.7. The highest BCUT2D eigenvalue weighted by molar-refractivity contribution is 7.00. The van der Waals surface area contributed by atoms with Gasteiger partial charge in [-0.25, -0.2) is 4.79 Å². The molecule has 0 radical (unpaired) electrons. The van der Waals surface area contributed by atoms with Gasteiger partial charge >= 0.3 is 5.97 Å². The maximum atomic E-state index is 13.4. The Labute approximate surface area is 168 Å². The van der Waals surface area contributed by atoms with E-state index < -0.39 is 11.9 Å². The van der Waals surface area contributed by atoms with Crippen LogP contribution in [0, 0.1) is 11.8 Å². The average molecular weight is 404 g/mol. The number of hydrogen-bond acceptors (Lipinski definition) is 8. The first-order valence-electron chi connectivity index (χ1n) is 9.67. The molecule has 0 aliphatic heterocycles. The van der Waals surface area contributed by atoms with Crippen molar-refractivity contribution >= 4 is 40.2 Å². The van der Waals surface area contributed by atoms with Crippen LogP contribution in [0.1, 0.15) is 44.6 Å². The van der Waals surface area contributed by atoms with Gasteiger partial charge in [-0.2, -0.15) is 8.75 Å². The van der Waals surface area contributed by atoms with Crippen molar-refractivity contribution in [1.82, 2.24) is 8.75 Å². The molecule has 2 aromatic rings. The third-order valence-electron chi connectivity index (χ3n) is 5.11. The molecule has 0 amide bonds. The molecule has 0 saturated heterocycles. The van der Waals surface area contributed by atoms with Crippen molar-refractivity contribution in [2.45, 2.75) is 45.4 Å². The number of carbonyl (C=O) groups excluding carboxylic acids is 2. The fourth-order valence-electron chi connectivity index (χ4n) is 3.74. The Morgan fingerprint density at radius 2 is 1.96 bits per heavy atom. The number of hydrogen-bond donors (Lipinski definition) is 0. The second-order valence-corrected chi connectivity index (χ2v) is 7.49. The van der Waals surface area contributed by atoms with Gasteiger partial charge in [-0.3, -0.25) is 4.79 Å². The number of oxime groups is 1. The second-order valence-electron chi connectivity index (χ2n) is 6.96. The van der Waals surface area contributed by atoms with Crippen LogP contribution in [0.15, 0.2) is 23.4 Å². The van der Waals surface area contributed by atoms with Gasteiger partial charge in [0.2, 0.25) is 0 Å². The summed E-state index contributed by atoms with van der Waals surface area (Å²) in [5.74, 6) is -1.32. The molecule has 0 spiro atoms. The van der Waals surface area contributed by atoms with Crippen molar-refractivity contribution in [1.29, 1.82) is 0 Å². The first-order valence-corrected chi connectivity index (χ1v) is 10.4. The molecule has 7 nitrogen and oxygen atoms in total. The predicted octanol–water partition coefficient (Wildman–Crippen LogP) is 3.56. The highest BCUT2D eigenvalue weighted by atomic mass is 32.1. The van der Waals surface area contributed by atoms with Crippen molar-refractivity contribution in [3.05, 3.63) is 23.8 Å². The molecule has 1 unspecified atom stereocenters. The van der Waals surface area contributed by atoms with Gasteiger partial charge in [0.05, 0.1) is 24.3 Å². The molecular weight excluding hydrogens is 378 g/mol. The number of fused-ring (bicyclic) bond motifs is 1. The maximum Gasteiger partial charge on any atom is 0.356 e. The lowest BCUT2D eigenvalue weighted by Gasteiger charge is -2.25. The van der Waals surface area contributed by atoms with Gasteiger partial charge in [-0.1, -0.05) is 30.5 Å². The Kier molecular flexibility index (Phi) is 7.08. The number of Topliss-reactive ketones (excluding diaryl/α,β-unsaturated/α-hetero) is 1. The predicted molar refractivity (Wildman–Crippen MR) is 107 cm³/mol. The molecule has 1 atom stereocenters. The average Bonchev–Trinajstić information content (AvgIpc) is 3.19. The summed E-state index contributed by atoms with van der Waals surface area (Å²) in [6.07, 6.45) is 5.29. The van der Waals surface area contributed by atoms with Crippen LogP contribution < -0.4 is 0 Å². The van der Waals surface area contributed by atoms with Gasteiger partial charge in [0.25, 0.3) is 0 Å². The lowest BCUT2D eigenvalue weighted by Crippen LogP contribution is -2.37. The topological polar surface area (TPSA) is 90.7 Å². The summed E-state index contributed by atoms with van der Waals surface area (Å²) in [5.41, 5.74) is 2.55. The fourth-order valence-corrected chi connectivity index (χ4v) is 4.26. The minimum absolute atomic E-state index is 0.0384. The van der Waals surface area contributed by atoms with E-state index in [1.165, 1.54) is 7.11 Å². The maximum absolute atomic E-state index is 13.4. The van der Waals surface area contributed by atoms with E-state index in [2.05, 4.69) is 13.9 Å². The largest absolute Gasteiger partial charge is 0.461 e. The summed E-state index contributed by atoms with van der Waals surface area (Å²) < 4.78 is 13.6. The van der Waals surface area contributed by atoms with Crippen LogP contribution >= 0.6 is 11.7 Å². The summed E-state index contributed by atoms with van der Waals surface area (Å²) in [7, 11) is 1.37. The van der Waals surface area contributed by atoms with Crippen molar-refractivity contribution in [3.8, 4) is 0 Å². The number of ether oxygens (including phenoxy) is 1. The van der Waals surface area contributed by atoms with Crippen LogP contribution in [0.25, 0.3) is 11.0 Å². The van der Waals surface area contributed by atoms with Gasteiger partial charge in [0.1, 0.15) is 23.9 Å². The number of esters is 1. The first-order chi connectivity index (χ1) is 13.6. The molecule has 1 aromatic carbocycles. The third kappa shape index (κ3) is 4.73. The van der Waals surface area contributed by atoms with Crippen molar-refractivity contribution in [2.75, 3.05) is 13.7 Å². The molecule has 3 rings (SSSR count). The number of nitrogens with zero attached hydrogens (tertiary/aromatic N) is 3. The Morgan fingerprint density at radius 3 is 2.68 bits per heavy atom. The molecule has 1 aliphatic carbocycles. The van der Waals surface area contributed by atoms with E-state index >= 15 is 0 Å². The fraction of sp³-hybridized carbons (Fsp3) is 0.550. The van der Waals surface area contributed by atoms with E-state index in [0.29, 0.717) is 6.42 Å². The van der Waals surface area contributed by atoms with Gasteiger partial charge < -0.3 is 9.57 Å². The third-order valence-corrected chi connectivity index (χ3v) is 5.67. The zero-order valence-electron chi connectivity index (χ0n) is 16.2. The van der Waals surface area contributed by atoms with Gasteiger partial charge in [-0.15, -0.1) is 0 Å². The van der Waals surface area contributed by atoms with Gasteiger partial charge in [0, 0.05) is 5.92 Å². The van der Waals surface area contributed by atoms with Gasteiger partial charge in [0.15, 0.2) is 5.71 Å². The summed E-state index contributed by atoms with van der Waals surface area (Å²) in [4.78, 5) is 30.8. The Bertz CT molecular complexity index is 858. The van der Waals surface area contributed by atoms with E-state index in [-0.39, 0.29) is 24.0 Å². The van der Waals surface area contributed by atoms with Crippen LogP contribution in [0.4, 0.5) is 0 Å². The van der Waals surface area contributed by atoms with Crippen LogP contribution in [0.2, 0.25) is 0 Å². The summed E-state index contributed by atoms with van der Waals surface area (Å²) in [6, 6.07) is 5.71. The molecule has 0 N–H and O–H groups in total. The van der Waals surface area contributed by atoms with Crippen molar-refractivity contribution < 1.29 is 19.2 Å². The number of benzene rings is 1. The summed E-state index contributed by atoms with van der Waals surface area (Å²) >= 11 is 1.15. The minimum atomic E-state index is -0.703. The molecule has 1 aliphatic rings. The molecule has 1 fully saturated rings. The summed E-state index contributed by atoms with van der Waals surface area (Å²) in [5, 5.41) is 3.90. The number of ketones is 1. The van der Waals surface area contributed by atoms with Crippen LogP contribution in [-0.2, 0) is 25.6 Å². The van der Waals surface area contributed by atoms with E-state index in [1.54, 1.807) is 6.92 Å². The number of rotatable bonds is 8. The lowest BCUT2D eigenvalue weighted by atomic mass is 9.78. The molecule has 150 valence electrons. The minimum Gasteiger partial charge on any atom is -0.461 e. The summed E-state index contributed by atoms with van der Waals surface area (Å²) in [6.45, 7) is 1.94. The monoisotopic (exact) mass is 403 g/mol. The van der Waals surface area contributed by atoms with Crippen molar-refractivity contribution in [3.63, 3.8) is 0 Å². The highest BCUT2D eigenvalue weighted by Crippen LogP contribution is 2.29. The van der Waals surface area contributed by atoms with Crippen molar-refractivity contribution in [2.24, 2.45) is 17.0 Å². The van der Waals surface area contributed by atoms with Crippen LogP contribution in [0.3, 0.4) is 0 Å². The standard InChI is InChI=1S/C20H25N3O4S/c1-3-27-20(25)18(21-26-2)15(19(24)14-7-5-4-6-8-14)11-13-9-10-16-17(12-13)23-28-22-16/h9-10,12,14-15H,3-8,11H2,1-2H3. The lowest BCUT2D eigenvalue weighted by molar-refractivity contribution is -0.137. The smallest absolute Gasteiger partial charge is 0.356 e. The highest BCUT2D eigenvalue weighted by Gasteiger charge is 2.36. The first kappa shape index (κ1) is 20.4. The van der Waals surface area contributed by atoms with E-state index in [4.69, 9.17) is 9.57 Å². The molecule has 28 heavy (non-hydrogen) atoms. The Hall–Kier alpha value is -2.35. The van der Waals surface area contributed by atoms with E-state index in [9.17, 15) is 9.59 Å². The SMILES string of the molecule is CCOC(=O)C(=NOC)C(Cc1ccc2nsnc2c1)C(=O)C1CCCCC1. The molecular formula is C20H25N3O4S. The molecule has 1 aromatic heterocycles. The zero-order valence-corrected chi connectivity index (χ0v) is 17.0. The zero-order chi connectivity index (χ0) is 19.9. The Morgan fingerprint density at radius 1 is 1.21 bits per heavy atom. The van der Waals surface area contributed by atoms with Gasteiger partial charge in [-0.05, 0) is 43.9 Å².